The molecule has 1 amide bonds. The Kier molecular flexibility index (Phi) is 4.52. The van der Waals surface area contributed by atoms with Gasteiger partial charge in [-0.15, -0.1) is 0 Å². The van der Waals surface area contributed by atoms with Gasteiger partial charge >= 0.3 is 5.97 Å². The lowest BCUT2D eigenvalue weighted by Gasteiger charge is -2.10. The maximum absolute atomic E-state index is 12.0. The van der Waals surface area contributed by atoms with Gasteiger partial charge in [0.1, 0.15) is 0 Å². The number of carboxylic acid groups (broad SMARTS) is 1. The largest absolute Gasteiger partial charge is 0.478 e. The Balaban J connectivity index is 2.38. The number of halogens is 3. The third-order valence-corrected chi connectivity index (χ3v) is 3.61. The molecule has 0 atom stereocenters. The average Bonchev–Trinajstić information content (AvgIpc) is 2.78. The van der Waals surface area contributed by atoms with E-state index in [9.17, 15) is 9.59 Å². The van der Waals surface area contributed by atoms with E-state index in [0.717, 1.165) is 0 Å². The molecule has 1 aromatic heterocycles. The monoisotopic (exact) mass is 421 g/mol. The molecule has 8 heteroatoms. The third-order valence-electron chi connectivity index (χ3n) is 2.32. The van der Waals surface area contributed by atoms with E-state index in [1.807, 2.05) is 0 Å². The Labute approximate surface area is 135 Å². The molecular formula is C12H6Br2ClNO4. The molecule has 104 valence electrons. The van der Waals surface area contributed by atoms with Crippen LogP contribution in [0.3, 0.4) is 0 Å². The summed E-state index contributed by atoms with van der Waals surface area (Å²) in [6.07, 6.45) is 0. The SMILES string of the molecule is O=C(Nc1c(Br)cc(Br)cc1C(=O)O)c1ccc(Cl)o1. The van der Waals surface area contributed by atoms with Crippen LogP contribution in [0, 0.1) is 0 Å². The van der Waals surface area contributed by atoms with Crippen molar-refractivity contribution in [2.24, 2.45) is 0 Å². The summed E-state index contributed by atoms with van der Waals surface area (Å²) in [5.41, 5.74) is 0.0791. The summed E-state index contributed by atoms with van der Waals surface area (Å²) >= 11 is 12.0. The second-order valence-corrected chi connectivity index (χ2v) is 5.82. The molecule has 0 aliphatic rings. The molecule has 2 N–H and O–H groups in total. The Bertz CT molecular complexity index is 699. The van der Waals surface area contributed by atoms with Gasteiger partial charge in [0.15, 0.2) is 11.0 Å². The van der Waals surface area contributed by atoms with Gasteiger partial charge in [-0.25, -0.2) is 4.79 Å². The normalized spacial score (nSPS) is 10.3. The van der Waals surface area contributed by atoms with Crippen molar-refractivity contribution in [2.45, 2.75) is 0 Å². The van der Waals surface area contributed by atoms with Crippen molar-refractivity contribution in [3.63, 3.8) is 0 Å². The summed E-state index contributed by atoms with van der Waals surface area (Å²) in [6, 6.07) is 5.82. The minimum Gasteiger partial charge on any atom is -0.478 e. The molecular weight excluding hydrogens is 417 g/mol. The number of nitrogens with one attached hydrogen (secondary N) is 1. The predicted molar refractivity (Wildman–Crippen MR) is 80.5 cm³/mol. The summed E-state index contributed by atoms with van der Waals surface area (Å²) in [5.74, 6) is -1.77. The van der Waals surface area contributed by atoms with E-state index < -0.39 is 11.9 Å². The van der Waals surface area contributed by atoms with Crippen molar-refractivity contribution in [2.75, 3.05) is 5.32 Å². The fourth-order valence-corrected chi connectivity index (χ4v) is 2.95. The molecule has 0 fully saturated rings. The number of hydrogen-bond acceptors (Lipinski definition) is 3. The zero-order valence-electron chi connectivity index (χ0n) is 9.62. The maximum Gasteiger partial charge on any atom is 0.337 e. The Morgan fingerprint density at radius 1 is 1.25 bits per heavy atom. The third kappa shape index (κ3) is 3.23. The number of furan rings is 1. The lowest BCUT2D eigenvalue weighted by atomic mass is 10.2. The predicted octanol–water partition coefficient (Wildman–Crippen LogP) is 4.41. The van der Waals surface area contributed by atoms with Gasteiger partial charge in [-0.1, -0.05) is 15.9 Å². The van der Waals surface area contributed by atoms with Gasteiger partial charge in [0, 0.05) is 8.95 Å². The highest BCUT2D eigenvalue weighted by Gasteiger charge is 2.19. The van der Waals surface area contributed by atoms with Crippen molar-refractivity contribution in [3.05, 3.63) is 49.8 Å². The molecule has 2 aromatic rings. The molecule has 0 bridgehead atoms. The van der Waals surface area contributed by atoms with Crippen molar-refractivity contribution in [1.82, 2.24) is 0 Å². The number of amides is 1. The van der Waals surface area contributed by atoms with Crippen LogP contribution < -0.4 is 5.32 Å². The Morgan fingerprint density at radius 2 is 1.95 bits per heavy atom. The molecule has 0 spiro atoms. The number of benzene rings is 1. The zero-order valence-corrected chi connectivity index (χ0v) is 13.5. The maximum atomic E-state index is 12.0. The fourth-order valence-electron chi connectivity index (χ4n) is 1.48. The highest BCUT2D eigenvalue weighted by molar-refractivity contribution is 9.11. The van der Waals surface area contributed by atoms with Crippen LogP contribution >= 0.6 is 43.5 Å². The van der Waals surface area contributed by atoms with Crippen molar-refractivity contribution < 1.29 is 19.1 Å². The first-order valence-corrected chi connectivity index (χ1v) is 7.14. The second-order valence-electron chi connectivity index (χ2n) is 3.67. The molecule has 0 saturated heterocycles. The van der Waals surface area contributed by atoms with Gasteiger partial charge in [0.2, 0.25) is 0 Å². The highest BCUT2D eigenvalue weighted by Crippen LogP contribution is 2.31. The summed E-state index contributed by atoms with van der Waals surface area (Å²) in [5, 5.41) is 11.7. The summed E-state index contributed by atoms with van der Waals surface area (Å²) in [7, 11) is 0. The number of carboxylic acids is 1. The van der Waals surface area contributed by atoms with Crippen molar-refractivity contribution in [1.29, 1.82) is 0 Å². The van der Waals surface area contributed by atoms with Crippen LogP contribution in [0.5, 0.6) is 0 Å². The zero-order chi connectivity index (χ0) is 14.9. The van der Waals surface area contributed by atoms with Crippen LogP contribution in [-0.4, -0.2) is 17.0 Å². The molecule has 2 rings (SSSR count). The molecule has 0 radical (unpaired) electrons. The number of rotatable bonds is 3. The number of hydrogen-bond donors (Lipinski definition) is 2. The molecule has 1 aromatic carbocycles. The standard InChI is InChI=1S/C12H6Br2ClNO4/c13-5-3-6(12(18)19)10(7(14)4-5)16-11(17)8-1-2-9(15)20-8/h1-4H,(H,16,17)(H,18,19). The van der Waals surface area contributed by atoms with E-state index in [-0.39, 0.29) is 22.2 Å². The van der Waals surface area contributed by atoms with Crippen LogP contribution in [-0.2, 0) is 0 Å². The Morgan fingerprint density at radius 3 is 2.50 bits per heavy atom. The number of carbonyl (C=O) groups excluding carboxylic acids is 1. The smallest absolute Gasteiger partial charge is 0.337 e. The van der Waals surface area contributed by atoms with Crippen molar-refractivity contribution in [3.8, 4) is 0 Å². The minimum absolute atomic E-state index is 0.0128. The van der Waals surface area contributed by atoms with Gasteiger partial charge in [-0.05, 0) is 51.8 Å². The van der Waals surface area contributed by atoms with Crippen LogP contribution in [0.15, 0.2) is 37.6 Å². The van der Waals surface area contributed by atoms with E-state index >= 15 is 0 Å². The van der Waals surface area contributed by atoms with Crippen molar-refractivity contribution >= 4 is 61.0 Å². The molecule has 0 aliphatic carbocycles. The van der Waals surface area contributed by atoms with Crippen LogP contribution in [0.1, 0.15) is 20.9 Å². The minimum atomic E-state index is -1.17. The molecule has 0 aliphatic heterocycles. The first-order valence-electron chi connectivity index (χ1n) is 5.17. The van der Waals surface area contributed by atoms with E-state index in [1.165, 1.54) is 18.2 Å². The lowest BCUT2D eigenvalue weighted by molar-refractivity contribution is 0.0698. The molecule has 0 unspecified atom stereocenters. The fraction of sp³-hybridized carbons (Fsp3) is 0. The molecule has 0 saturated carbocycles. The number of anilines is 1. The van der Waals surface area contributed by atoms with Gasteiger partial charge in [0.25, 0.3) is 5.91 Å². The van der Waals surface area contributed by atoms with Crippen LogP contribution in [0.4, 0.5) is 5.69 Å². The summed E-state index contributed by atoms with van der Waals surface area (Å²) in [4.78, 5) is 23.2. The van der Waals surface area contributed by atoms with E-state index in [2.05, 4.69) is 37.2 Å². The van der Waals surface area contributed by atoms with Gasteiger partial charge in [0.05, 0.1) is 11.3 Å². The lowest BCUT2D eigenvalue weighted by Crippen LogP contribution is -2.14. The van der Waals surface area contributed by atoms with Gasteiger partial charge < -0.3 is 14.8 Å². The molecule has 5 nitrogen and oxygen atoms in total. The number of aromatic carboxylic acids is 1. The van der Waals surface area contributed by atoms with E-state index in [4.69, 9.17) is 21.1 Å². The highest BCUT2D eigenvalue weighted by atomic mass is 79.9. The van der Waals surface area contributed by atoms with E-state index in [1.54, 1.807) is 6.07 Å². The molecule has 1 heterocycles. The first-order chi connectivity index (χ1) is 9.38. The van der Waals surface area contributed by atoms with Crippen LogP contribution in [0.25, 0.3) is 0 Å². The van der Waals surface area contributed by atoms with Gasteiger partial charge in [-0.3, -0.25) is 4.79 Å². The number of carbonyl (C=O) groups is 2. The summed E-state index contributed by atoms with van der Waals surface area (Å²) < 4.78 is 5.96. The molecule has 20 heavy (non-hydrogen) atoms. The topological polar surface area (TPSA) is 79.5 Å². The quantitative estimate of drug-likeness (QED) is 0.767. The van der Waals surface area contributed by atoms with Gasteiger partial charge in [-0.2, -0.15) is 0 Å². The second kappa shape index (κ2) is 5.99. The van der Waals surface area contributed by atoms with E-state index in [0.29, 0.717) is 8.95 Å². The Hall–Kier alpha value is -1.31. The average molecular weight is 423 g/mol. The first kappa shape index (κ1) is 15.1. The van der Waals surface area contributed by atoms with Crippen LogP contribution in [0.2, 0.25) is 5.22 Å². The summed E-state index contributed by atoms with van der Waals surface area (Å²) in [6.45, 7) is 0.